The molecule has 1 aromatic rings. The summed E-state index contributed by atoms with van der Waals surface area (Å²) in [5.74, 6) is 0. The number of nitro benzene ring substituents is 1. The molecule has 0 spiro atoms. The molecule has 0 saturated carbocycles. The molecule has 14 heavy (non-hydrogen) atoms. The molecule has 5 heteroatoms. The van der Waals surface area contributed by atoms with Crippen LogP contribution in [0.3, 0.4) is 0 Å². The van der Waals surface area contributed by atoms with E-state index in [1.807, 2.05) is 0 Å². The zero-order valence-electron chi connectivity index (χ0n) is 7.29. The minimum Gasteiger partial charge on any atom is -0.302 e. The number of hydrogen-bond donors (Lipinski definition) is 1. The molecule has 0 aliphatic rings. The molecule has 0 saturated heterocycles. The Morgan fingerprint density at radius 1 is 1.43 bits per heavy atom. The first kappa shape index (κ1) is 10.7. The van der Waals surface area contributed by atoms with Gasteiger partial charge in [0, 0.05) is 12.1 Å². The molecule has 0 bridgehead atoms. The molecule has 4 nitrogen and oxygen atoms in total. The highest BCUT2D eigenvalue weighted by molar-refractivity contribution is 7.81. The van der Waals surface area contributed by atoms with E-state index in [-0.39, 0.29) is 10.9 Å². The molecule has 0 aromatic heterocycles. The largest absolute Gasteiger partial charge is 0.302 e. The maximum Gasteiger partial charge on any atom is 0.269 e. The lowest BCUT2D eigenvalue weighted by molar-refractivity contribution is -0.384. The molecule has 0 aliphatic carbocycles. The van der Waals surface area contributed by atoms with Gasteiger partial charge >= 0.3 is 0 Å². The van der Waals surface area contributed by atoms with Gasteiger partial charge in [0.2, 0.25) is 0 Å². The summed E-state index contributed by atoms with van der Waals surface area (Å²) in [6.45, 7) is 0. The fourth-order valence-corrected chi connectivity index (χ4v) is 1.25. The van der Waals surface area contributed by atoms with Crippen molar-refractivity contribution in [2.24, 2.45) is 0 Å². The third kappa shape index (κ3) is 2.85. The lowest BCUT2D eigenvalue weighted by Crippen LogP contribution is -2.04. The SMILES string of the molecule is O=CC(S)Cc1ccc([N+](=O)[O-])cc1. The van der Waals surface area contributed by atoms with Crippen LogP contribution in [0.5, 0.6) is 0 Å². The number of rotatable bonds is 4. The Hall–Kier alpha value is -1.36. The number of carbonyl (C=O) groups is 1. The smallest absolute Gasteiger partial charge is 0.269 e. The molecule has 0 aliphatic heterocycles. The van der Waals surface area contributed by atoms with Crippen LogP contribution in [0, 0.1) is 10.1 Å². The highest BCUT2D eigenvalue weighted by Gasteiger charge is 2.06. The van der Waals surface area contributed by atoms with Gasteiger partial charge in [0.1, 0.15) is 6.29 Å². The van der Waals surface area contributed by atoms with Crippen molar-refractivity contribution in [1.29, 1.82) is 0 Å². The van der Waals surface area contributed by atoms with Crippen molar-refractivity contribution in [3.05, 3.63) is 39.9 Å². The average Bonchev–Trinajstić information content (AvgIpc) is 2.18. The number of nitrogens with zero attached hydrogens (tertiary/aromatic N) is 1. The highest BCUT2D eigenvalue weighted by atomic mass is 32.1. The fourth-order valence-electron chi connectivity index (χ4n) is 1.04. The van der Waals surface area contributed by atoms with Crippen LogP contribution in [0.25, 0.3) is 0 Å². The molecule has 1 aromatic carbocycles. The first-order valence-electron chi connectivity index (χ1n) is 4.00. The molecule has 0 heterocycles. The minimum atomic E-state index is -0.457. The van der Waals surface area contributed by atoms with Gasteiger partial charge in [-0.2, -0.15) is 12.6 Å². The van der Waals surface area contributed by atoms with E-state index in [0.717, 1.165) is 11.8 Å². The maximum atomic E-state index is 10.3. The molecule has 1 atom stereocenters. The number of thiol groups is 1. The van der Waals surface area contributed by atoms with Crippen LogP contribution >= 0.6 is 12.6 Å². The van der Waals surface area contributed by atoms with E-state index >= 15 is 0 Å². The van der Waals surface area contributed by atoms with Gasteiger partial charge < -0.3 is 4.79 Å². The zero-order chi connectivity index (χ0) is 10.6. The number of hydrogen-bond acceptors (Lipinski definition) is 4. The van der Waals surface area contributed by atoms with E-state index < -0.39 is 4.92 Å². The second-order valence-electron chi connectivity index (χ2n) is 2.83. The predicted octanol–water partition coefficient (Wildman–Crippen LogP) is 1.63. The van der Waals surface area contributed by atoms with E-state index in [1.165, 1.54) is 12.1 Å². The van der Waals surface area contributed by atoms with Crippen molar-refractivity contribution in [3.8, 4) is 0 Å². The van der Waals surface area contributed by atoms with Gasteiger partial charge in [-0.1, -0.05) is 12.1 Å². The summed E-state index contributed by atoms with van der Waals surface area (Å²) in [6, 6.07) is 6.09. The van der Waals surface area contributed by atoms with Crippen molar-refractivity contribution in [2.75, 3.05) is 0 Å². The maximum absolute atomic E-state index is 10.3. The summed E-state index contributed by atoms with van der Waals surface area (Å²) in [7, 11) is 0. The molecular weight excluding hydrogens is 202 g/mol. The summed E-state index contributed by atoms with van der Waals surface area (Å²) >= 11 is 4.01. The van der Waals surface area contributed by atoms with Crippen molar-refractivity contribution in [1.82, 2.24) is 0 Å². The Morgan fingerprint density at radius 3 is 2.43 bits per heavy atom. The van der Waals surface area contributed by atoms with Gasteiger partial charge in [-0.25, -0.2) is 0 Å². The second-order valence-corrected chi connectivity index (χ2v) is 3.49. The Morgan fingerprint density at radius 2 is 2.00 bits per heavy atom. The van der Waals surface area contributed by atoms with Crippen LogP contribution < -0.4 is 0 Å². The van der Waals surface area contributed by atoms with E-state index in [4.69, 9.17) is 0 Å². The molecule has 0 amide bonds. The third-order valence-electron chi connectivity index (χ3n) is 1.75. The van der Waals surface area contributed by atoms with Gasteiger partial charge in [0.25, 0.3) is 5.69 Å². The van der Waals surface area contributed by atoms with E-state index in [9.17, 15) is 14.9 Å². The molecule has 0 radical (unpaired) electrons. The quantitative estimate of drug-likeness (QED) is 0.356. The molecule has 74 valence electrons. The number of nitro groups is 1. The van der Waals surface area contributed by atoms with Gasteiger partial charge in [0.05, 0.1) is 10.2 Å². The first-order valence-corrected chi connectivity index (χ1v) is 4.52. The average molecular weight is 211 g/mol. The van der Waals surface area contributed by atoms with Crippen molar-refractivity contribution >= 4 is 24.6 Å². The van der Waals surface area contributed by atoms with Crippen LogP contribution in [-0.4, -0.2) is 16.5 Å². The van der Waals surface area contributed by atoms with Gasteiger partial charge in [-0.3, -0.25) is 10.1 Å². The van der Waals surface area contributed by atoms with Gasteiger partial charge in [-0.15, -0.1) is 0 Å². The summed E-state index contributed by atoms with van der Waals surface area (Å²) in [4.78, 5) is 20.2. The molecule has 0 N–H and O–H groups in total. The standard InChI is InChI=1S/C9H9NO3S/c11-6-9(14)5-7-1-3-8(4-2-7)10(12)13/h1-4,6,9,14H,5H2. The Labute approximate surface area is 86.5 Å². The normalized spacial score (nSPS) is 12.1. The Bertz CT molecular complexity index is 336. The van der Waals surface area contributed by atoms with E-state index in [2.05, 4.69) is 12.6 Å². The zero-order valence-corrected chi connectivity index (χ0v) is 8.18. The third-order valence-corrected chi connectivity index (χ3v) is 2.05. The van der Waals surface area contributed by atoms with Crippen molar-refractivity contribution in [3.63, 3.8) is 0 Å². The summed E-state index contributed by atoms with van der Waals surface area (Å²) in [6.07, 6.45) is 1.23. The number of non-ortho nitro benzene ring substituents is 1. The van der Waals surface area contributed by atoms with Gasteiger partial charge in [-0.05, 0) is 12.0 Å². The Kier molecular flexibility index (Phi) is 3.64. The van der Waals surface area contributed by atoms with Crippen LogP contribution in [0.15, 0.2) is 24.3 Å². The number of aldehydes is 1. The fraction of sp³-hybridized carbons (Fsp3) is 0.222. The Balaban J connectivity index is 2.73. The minimum absolute atomic E-state index is 0.0515. The van der Waals surface area contributed by atoms with Crippen LogP contribution in [0.4, 0.5) is 5.69 Å². The van der Waals surface area contributed by atoms with Crippen molar-refractivity contribution < 1.29 is 9.72 Å². The molecule has 0 fully saturated rings. The predicted molar refractivity (Wildman–Crippen MR) is 55.6 cm³/mol. The molecule has 1 rings (SSSR count). The lowest BCUT2D eigenvalue weighted by atomic mass is 10.1. The summed E-state index contributed by atoms with van der Waals surface area (Å²) in [5, 5.41) is 9.97. The van der Waals surface area contributed by atoms with Gasteiger partial charge in [0.15, 0.2) is 0 Å². The molecular formula is C9H9NO3S. The summed E-state index contributed by atoms with van der Waals surface area (Å²) in [5.41, 5.74) is 0.915. The first-order chi connectivity index (χ1) is 6.63. The molecule has 1 unspecified atom stereocenters. The lowest BCUT2D eigenvalue weighted by Gasteiger charge is -2.01. The number of carbonyl (C=O) groups excluding carboxylic acids is 1. The van der Waals surface area contributed by atoms with Crippen LogP contribution in [-0.2, 0) is 11.2 Å². The van der Waals surface area contributed by atoms with Crippen LogP contribution in [0.1, 0.15) is 5.56 Å². The highest BCUT2D eigenvalue weighted by Crippen LogP contribution is 2.13. The second kappa shape index (κ2) is 4.76. The number of benzene rings is 1. The monoisotopic (exact) mass is 211 g/mol. The van der Waals surface area contributed by atoms with Crippen molar-refractivity contribution in [2.45, 2.75) is 11.7 Å². The van der Waals surface area contributed by atoms with E-state index in [0.29, 0.717) is 6.42 Å². The summed E-state index contributed by atoms with van der Waals surface area (Å²) < 4.78 is 0. The topological polar surface area (TPSA) is 60.2 Å². The van der Waals surface area contributed by atoms with E-state index in [1.54, 1.807) is 12.1 Å². The van der Waals surface area contributed by atoms with Crippen LogP contribution in [0.2, 0.25) is 0 Å².